The zero-order valence-corrected chi connectivity index (χ0v) is 13.2. The van der Waals surface area contributed by atoms with Gasteiger partial charge in [-0.3, -0.25) is 0 Å². The number of hydrogen-bond donors (Lipinski definition) is 1. The van der Waals surface area contributed by atoms with Gasteiger partial charge in [-0.1, -0.05) is 11.6 Å². The van der Waals surface area contributed by atoms with Gasteiger partial charge in [-0.25, -0.2) is 4.98 Å². The largest absolute Gasteiger partial charge is 0.417 e. The normalized spacial score (nSPS) is 12.2. The van der Waals surface area contributed by atoms with E-state index < -0.39 is 11.7 Å². The molecule has 0 saturated carbocycles. The van der Waals surface area contributed by atoms with E-state index in [9.17, 15) is 13.2 Å². The summed E-state index contributed by atoms with van der Waals surface area (Å²) in [5.41, 5.74) is -0.836. The molecular weight excluding hydrogens is 303 g/mol. The quantitative estimate of drug-likeness (QED) is 0.759. The van der Waals surface area contributed by atoms with E-state index in [1.165, 1.54) is 0 Å². The topological polar surface area (TPSA) is 28.2 Å². The molecule has 1 aromatic heterocycles. The van der Waals surface area contributed by atoms with Crippen LogP contribution in [0.4, 0.5) is 19.0 Å². The van der Waals surface area contributed by atoms with Gasteiger partial charge in [0.2, 0.25) is 0 Å². The van der Waals surface area contributed by atoms with E-state index in [1.54, 1.807) is 0 Å². The molecule has 1 aromatic rings. The molecule has 0 spiro atoms. The minimum Gasteiger partial charge on any atom is -0.369 e. The van der Waals surface area contributed by atoms with Crippen LogP contribution < -0.4 is 5.32 Å². The van der Waals surface area contributed by atoms with Crippen LogP contribution in [0.5, 0.6) is 0 Å². The van der Waals surface area contributed by atoms with Gasteiger partial charge in [0.25, 0.3) is 0 Å². The van der Waals surface area contributed by atoms with E-state index in [0.717, 1.165) is 31.6 Å². The minimum atomic E-state index is -4.42. The highest BCUT2D eigenvalue weighted by Crippen LogP contribution is 2.32. The van der Waals surface area contributed by atoms with Gasteiger partial charge in [-0.05, 0) is 46.3 Å². The highest BCUT2D eigenvalue weighted by atomic mass is 35.5. The fourth-order valence-corrected chi connectivity index (χ4v) is 1.91. The summed E-state index contributed by atoms with van der Waals surface area (Å²) >= 11 is 5.81. The molecule has 1 N–H and O–H groups in total. The third-order valence-electron chi connectivity index (χ3n) is 3.28. The Labute approximate surface area is 128 Å². The Morgan fingerprint density at radius 1 is 1.33 bits per heavy atom. The van der Waals surface area contributed by atoms with Gasteiger partial charge in [0.05, 0.1) is 10.6 Å². The summed E-state index contributed by atoms with van der Waals surface area (Å²) < 4.78 is 37.4. The van der Waals surface area contributed by atoms with Gasteiger partial charge in [0.15, 0.2) is 0 Å². The second kappa shape index (κ2) is 7.84. The van der Waals surface area contributed by atoms with Crippen molar-refractivity contribution in [3.8, 4) is 0 Å². The zero-order chi connectivity index (χ0) is 16.0. The average Bonchev–Trinajstić information content (AvgIpc) is 2.38. The van der Waals surface area contributed by atoms with Crippen molar-refractivity contribution < 1.29 is 13.2 Å². The van der Waals surface area contributed by atoms with Crippen LogP contribution >= 0.6 is 11.6 Å². The summed E-state index contributed by atoms with van der Waals surface area (Å²) in [5.74, 6) is 0.293. The van der Waals surface area contributed by atoms with Gasteiger partial charge in [-0.2, -0.15) is 13.2 Å². The van der Waals surface area contributed by atoms with E-state index in [2.05, 4.69) is 36.1 Å². The zero-order valence-electron chi connectivity index (χ0n) is 12.5. The number of rotatable bonds is 7. The molecule has 7 heteroatoms. The van der Waals surface area contributed by atoms with Crippen molar-refractivity contribution in [2.45, 2.75) is 38.9 Å². The van der Waals surface area contributed by atoms with Gasteiger partial charge in [0, 0.05) is 18.8 Å². The minimum absolute atomic E-state index is 0.0101. The Morgan fingerprint density at radius 3 is 2.52 bits per heavy atom. The lowest BCUT2D eigenvalue weighted by atomic mass is 10.2. The van der Waals surface area contributed by atoms with Crippen LogP contribution in [0.2, 0.25) is 5.02 Å². The highest BCUT2D eigenvalue weighted by Gasteiger charge is 2.31. The summed E-state index contributed by atoms with van der Waals surface area (Å²) in [6, 6.07) is 1.40. The molecule has 120 valence electrons. The summed E-state index contributed by atoms with van der Waals surface area (Å²) in [7, 11) is 2.06. The lowest BCUT2D eigenvalue weighted by molar-refractivity contribution is -0.137. The van der Waals surface area contributed by atoms with Gasteiger partial charge >= 0.3 is 6.18 Å². The molecule has 0 aromatic carbocycles. The van der Waals surface area contributed by atoms with E-state index in [-0.39, 0.29) is 5.02 Å². The molecule has 1 heterocycles. The van der Waals surface area contributed by atoms with Crippen LogP contribution in [0.3, 0.4) is 0 Å². The molecule has 0 fully saturated rings. The first-order valence-electron chi connectivity index (χ1n) is 6.88. The maximum atomic E-state index is 12.5. The van der Waals surface area contributed by atoms with Crippen molar-refractivity contribution in [2.75, 3.05) is 25.5 Å². The van der Waals surface area contributed by atoms with E-state index in [1.807, 2.05) is 0 Å². The number of hydrogen-bond acceptors (Lipinski definition) is 3. The second-order valence-electron chi connectivity index (χ2n) is 5.26. The van der Waals surface area contributed by atoms with Crippen molar-refractivity contribution >= 4 is 17.4 Å². The molecule has 0 aliphatic carbocycles. The average molecular weight is 324 g/mol. The number of nitrogens with zero attached hydrogens (tertiary/aromatic N) is 2. The lowest BCUT2D eigenvalue weighted by Crippen LogP contribution is -2.27. The summed E-state index contributed by atoms with van der Waals surface area (Å²) in [5, 5.41) is 2.96. The van der Waals surface area contributed by atoms with Crippen LogP contribution in [-0.4, -0.2) is 36.1 Å². The molecule has 3 nitrogen and oxygen atoms in total. The summed E-state index contributed by atoms with van der Waals surface area (Å²) in [6.45, 7) is 5.87. The van der Waals surface area contributed by atoms with Crippen molar-refractivity contribution in [2.24, 2.45) is 0 Å². The van der Waals surface area contributed by atoms with E-state index in [4.69, 9.17) is 11.6 Å². The molecule has 0 radical (unpaired) electrons. The monoisotopic (exact) mass is 323 g/mol. The van der Waals surface area contributed by atoms with Crippen LogP contribution in [0, 0.1) is 0 Å². The molecule has 0 saturated heterocycles. The molecule has 1 rings (SSSR count). The van der Waals surface area contributed by atoms with Crippen molar-refractivity contribution in [3.05, 3.63) is 22.8 Å². The maximum Gasteiger partial charge on any atom is 0.417 e. The number of unbranched alkanes of at least 4 members (excludes halogenated alkanes) is 1. The standard InChI is InChI=1S/C14H21ClF3N3/c1-10(2)21(3)7-5-4-6-19-13-12(15)8-11(9-20-13)14(16,17)18/h8-10H,4-7H2,1-3H3,(H,19,20). The molecule has 0 atom stereocenters. The molecule has 0 aliphatic rings. The highest BCUT2D eigenvalue weighted by molar-refractivity contribution is 6.32. The molecule has 0 aliphatic heterocycles. The number of nitrogens with one attached hydrogen (secondary N) is 1. The SMILES string of the molecule is CC(C)N(C)CCCCNc1ncc(C(F)(F)F)cc1Cl. The van der Waals surface area contributed by atoms with Crippen LogP contribution in [0.1, 0.15) is 32.3 Å². The summed E-state index contributed by atoms with van der Waals surface area (Å²) in [4.78, 5) is 5.97. The number of anilines is 1. The van der Waals surface area contributed by atoms with Gasteiger partial charge in [0.1, 0.15) is 5.82 Å². The smallest absolute Gasteiger partial charge is 0.369 e. The third kappa shape index (κ3) is 6.09. The first kappa shape index (κ1) is 18.0. The van der Waals surface area contributed by atoms with Crippen molar-refractivity contribution in [1.82, 2.24) is 9.88 Å². The number of pyridine rings is 1. The number of aromatic nitrogens is 1. The Balaban J connectivity index is 2.40. The Kier molecular flexibility index (Phi) is 6.74. The predicted octanol–water partition coefficient (Wildman–Crippen LogP) is 4.29. The van der Waals surface area contributed by atoms with Crippen molar-refractivity contribution in [1.29, 1.82) is 0 Å². The Bertz CT molecular complexity index is 450. The molecule has 0 amide bonds. The Morgan fingerprint density at radius 2 is 2.00 bits per heavy atom. The molecule has 0 unspecified atom stereocenters. The van der Waals surface area contributed by atoms with Crippen molar-refractivity contribution in [3.63, 3.8) is 0 Å². The fourth-order valence-electron chi connectivity index (χ4n) is 1.67. The van der Waals surface area contributed by atoms with Crippen LogP contribution in [-0.2, 0) is 6.18 Å². The predicted molar refractivity (Wildman–Crippen MR) is 79.7 cm³/mol. The van der Waals surface area contributed by atoms with E-state index in [0.29, 0.717) is 18.4 Å². The fraction of sp³-hybridized carbons (Fsp3) is 0.643. The van der Waals surface area contributed by atoms with Crippen LogP contribution in [0.15, 0.2) is 12.3 Å². The molecule has 21 heavy (non-hydrogen) atoms. The second-order valence-corrected chi connectivity index (χ2v) is 5.67. The van der Waals surface area contributed by atoms with Gasteiger partial charge < -0.3 is 10.2 Å². The van der Waals surface area contributed by atoms with E-state index >= 15 is 0 Å². The first-order chi connectivity index (χ1) is 9.71. The summed E-state index contributed by atoms with van der Waals surface area (Å²) in [6.07, 6.45) is -1.73. The Hall–Kier alpha value is -1.01. The maximum absolute atomic E-state index is 12.5. The third-order valence-corrected chi connectivity index (χ3v) is 3.57. The lowest BCUT2D eigenvalue weighted by Gasteiger charge is -2.20. The molecular formula is C14H21ClF3N3. The molecule has 0 bridgehead atoms. The van der Waals surface area contributed by atoms with Crippen LogP contribution in [0.25, 0.3) is 0 Å². The van der Waals surface area contributed by atoms with Gasteiger partial charge in [-0.15, -0.1) is 0 Å². The first-order valence-corrected chi connectivity index (χ1v) is 7.26. The number of halogens is 4. The number of alkyl halides is 3.